The molecule has 2 aromatic heterocycles. The van der Waals surface area contributed by atoms with Gasteiger partial charge in [-0.25, -0.2) is 14.4 Å². The number of rotatable bonds is 4. The number of pyridine rings is 2. The summed E-state index contributed by atoms with van der Waals surface area (Å²) < 4.78 is 14.4. The Balaban J connectivity index is 1.71. The quantitative estimate of drug-likeness (QED) is 0.505. The zero-order valence-corrected chi connectivity index (χ0v) is 16.2. The second-order valence-corrected chi connectivity index (χ2v) is 7.43. The summed E-state index contributed by atoms with van der Waals surface area (Å²) in [7, 11) is 0. The molecule has 2 heterocycles. The van der Waals surface area contributed by atoms with Gasteiger partial charge in [0, 0.05) is 11.6 Å². The van der Waals surface area contributed by atoms with Crippen LogP contribution in [0.15, 0.2) is 54.7 Å². The number of para-hydroxylation sites is 1. The summed E-state index contributed by atoms with van der Waals surface area (Å²) in [5, 5.41) is 13.9. The van der Waals surface area contributed by atoms with Crippen LogP contribution in [0.5, 0.6) is 0 Å². The van der Waals surface area contributed by atoms with Crippen LogP contribution >= 0.6 is 11.6 Å². The normalized spacial score (nSPS) is 18.7. The third-order valence-corrected chi connectivity index (χ3v) is 5.20. The summed E-state index contributed by atoms with van der Waals surface area (Å²) >= 11 is 5.85. The van der Waals surface area contributed by atoms with Crippen molar-refractivity contribution >= 4 is 28.4 Å². The Hall–Kier alpha value is -2.83. The summed E-state index contributed by atoms with van der Waals surface area (Å²) in [6, 6.07) is 9.40. The minimum atomic E-state index is -0.652. The number of aliphatic hydroxyl groups is 1. The van der Waals surface area contributed by atoms with Crippen molar-refractivity contribution in [1.82, 2.24) is 15.3 Å². The summed E-state index contributed by atoms with van der Waals surface area (Å²) in [6.07, 6.45) is 6.48. The predicted octanol–water partition coefficient (Wildman–Crippen LogP) is 3.82. The van der Waals surface area contributed by atoms with Gasteiger partial charge in [0.1, 0.15) is 22.2 Å². The van der Waals surface area contributed by atoms with Crippen LogP contribution < -0.4 is 5.32 Å². The van der Waals surface area contributed by atoms with Crippen LogP contribution in [0.3, 0.4) is 0 Å². The molecule has 1 aromatic carbocycles. The van der Waals surface area contributed by atoms with Gasteiger partial charge < -0.3 is 10.4 Å². The van der Waals surface area contributed by atoms with E-state index in [0.717, 1.165) is 17.5 Å². The molecule has 7 heteroatoms. The molecular weight excluding hydrogens is 393 g/mol. The molecule has 0 saturated heterocycles. The van der Waals surface area contributed by atoms with Gasteiger partial charge in [0.2, 0.25) is 0 Å². The lowest BCUT2D eigenvalue weighted by Gasteiger charge is -2.24. The number of halogens is 2. The molecule has 0 bridgehead atoms. The zero-order chi connectivity index (χ0) is 20.4. The first-order chi connectivity index (χ1) is 14.0. The van der Waals surface area contributed by atoms with Gasteiger partial charge in [0.05, 0.1) is 12.1 Å². The molecule has 0 aliphatic heterocycles. The first-order valence-electron chi connectivity index (χ1n) is 9.35. The fourth-order valence-corrected chi connectivity index (χ4v) is 3.58. The Morgan fingerprint density at radius 3 is 2.93 bits per heavy atom. The van der Waals surface area contributed by atoms with E-state index in [0.29, 0.717) is 23.4 Å². The molecule has 5 nitrogen and oxygen atoms in total. The number of carbonyl (C=O) groups excluding carboxylic acids is 1. The number of benzene rings is 1. The van der Waals surface area contributed by atoms with Crippen molar-refractivity contribution in [2.24, 2.45) is 0 Å². The van der Waals surface area contributed by atoms with Crippen LogP contribution in [0.1, 0.15) is 34.5 Å². The molecule has 29 heavy (non-hydrogen) atoms. The smallest absolute Gasteiger partial charge is 0.270 e. The van der Waals surface area contributed by atoms with E-state index in [-0.39, 0.29) is 11.2 Å². The van der Waals surface area contributed by atoms with Gasteiger partial charge in [0.15, 0.2) is 0 Å². The zero-order valence-electron chi connectivity index (χ0n) is 15.5. The van der Waals surface area contributed by atoms with Gasteiger partial charge in [-0.05, 0) is 48.6 Å². The number of aliphatic hydroxyl groups excluding tert-OH is 1. The molecule has 1 amide bonds. The third-order valence-electron chi connectivity index (χ3n) is 4.98. The fraction of sp³-hybridized carbons (Fsp3) is 0.227. The van der Waals surface area contributed by atoms with Gasteiger partial charge in [0.25, 0.3) is 5.91 Å². The van der Waals surface area contributed by atoms with Crippen LogP contribution in [0.25, 0.3) is 10.9 Å². The number of hydrogen-bond donors (Lipinski definition) is 2. The van der Waals surface area contributed by atoms with Crippen molar-refractivity contribution in [3.05, 3.63) is 82.5 Å². The Kier molecular flexibility index (Phi) is 5.56. The van der Waals surface area contributed by atoms with Crippen LogP contribution in [-0.4, -0.2) is 33.1 Å². The monoisotopic (exact) mass is 411 g/mol. The lowest BCUT2D eigenvalue weighted by Crippen LogP contribution is -2.43. The minimum absolute atomic E-state index is 0.102. The van der Waals surface area contributed by atoms with E-state index in [4.69, 9.17) is 11.6 Å². The van der Waals surface area contributed by atoms with E-state index in [2.05, 4.69) is 15.3 Å². The molecule has 0 saturated carbocycles. The highest BCUT2D eigenvalue weighted by atomic mass is 35.5. The Morgan fingerprint density at radius 2 is 2.17 bits per heavy atom. The van der Waals surface area contributed by atoms with Crippen molar-refractivity contribution in [3.8, 4) is 0 Å². The van der Waals surface area contributed by atoms with Crippen LogP contribution in [0.4, 0.5) is 4.39 Å². The molecule has 0 unspecified atom stereocenters. The van der Waals surface area contributed by atoms with Gasteiger partial charge in [-0.15, -0.1) is 0 Å². The molecular formula is C22H19ClFN3O2. The lowest BCUT2D eigenvalue weighted by molar-refractivity contribution is 0.0851. The van der Waals surface area contributed by atoms with Crippen LogP contribution in [0, 0.1) is 5.82 Å². The molecule has 4 rings (SSSR count). The van der Waals surface area contributed by atoms with Gasteiger partial charge >= 0.3 is 0 Å². The fourth-order valence-electron chi connectivity index (χ4n) is 3.46. The Labute approximate surface area is 172 Å². The maximum absolute atomic E-state index is 14.4. The number of hydrogen-bond acceptors (Lipinski definition) is 4. The largest absolute Gasteiger partial charge is 0.391 e. The Bertz CT molecular complexity index is 1090. The van der Waals surface area contributed by atoms with E-state index in [1.165, 1.54) is 6.07 Å². The first-order valence-corrected chi connectivity index (χ1v) is 9.73. The predicted molar refractivity (Wildman–Crippen MR) is 109 cm³/mol. The summed E-state index contributed by atoms with van der Waals surface area (Å²) in [6.45, 7) is 0. The van der Waals surface area contributed by atoms with Gasteiger partial charge in [-0.2, -0.15) is 0 Å². The molecule has 0 fully saturated rings. The highest BCUT2D eigenvalue weighted by molar-refractivity contribution is 6.29. The van der Waals surface area contributed by atoms with Crippen molar-refractivity contribution < 1.29 is 14.3 Å². The minimum Gasteiger partial charge on any atom is -0.391 e. The average Bonchev–Trinajstić information content (AvgIpc) is 2.72. The maximum atomic E-state index is 14.4. The Morgan fingerprint density at radius 1 is 1.31 bits per heavy atom. The number of amides is 1. The van der Waals surface area contributed by atoms with Crippen molar-refractivity contribution in [1.29, 1.82) is 0 Å². The van der Waals surface area contributed by atoms with E-state index in [1.807, 2.05) is 12.1 Å². The molecule has 0 spiro atoms. The maximum Gasteiger partial charge on any atom is 0.270 e. The average molecular weight is 412 g/mol. The SMILES string of the molecule is O=C(N[C@H]1C=CCC[C@@H]1O)c1cc(Cc2ccc(Cl)nc2)c2cccc(F)c2n1. The van der Waals surface area contributed by atoms with E-state index < -0.39 is 23.9 Å². The summed E-state index contributed by atoms with van der Waals surface area (Å²) in [5.74, 6) is -0.952. The second-order valence-electron chi connectivity index (χ2n) is 7.04. The van der Waals surface area contributed by atoms with Gasteiger partial charge in [-0.1, -0.05) is 42.0 Å². The van der Waals surface area contributed by atoms with Crippen LogP contribution in [0.2, 0.25) is 5.15 Å². The molecule has 3 aromatic rings. The number of fused-ring (bicyclic) bond motifs is 1. The van der Waals surface area contributed by atoms with E-state index >= 15 is 0 Å². The molecule has 2 N–H and O–H groups in total. The van der Waals surface area contributed by atoms with Crippen LogP contribution in [-0.2, 0) is 6.42 Å². The molecule has 2 atom stereocenters. The molecule has 1 aliphatic rings. The topological polar surface area (TPSA) is 75.1 Å². The highest BCUT2D eigenvalue weighted by Crippen LogP contribution is 2.24. The van der Waals surface area contributed by atoms with Crippen molar-refractivity contribution in [3.63, 3.8) is 0 Å². The summed E-state index contributed by atoms with van der Waals surface area (Å²) in [4.78, 5) is 21.1. The summed E-state index contributed by atoms with van der Waals surface area (Å²) in [5.41, 5.74) is 1.87. The first kappa shape index (κ1) is 19.5. The van der Waals surface area contributed by atoms with Crippen molar-refractivity contribution in [2.75, 3.05) is 0 Å². The number of aromatic nitrogens is 2. The van der Waals surface area contributed by atoms with Gasteiger partial charge in [-0.3, -0.25) is 4.79 Å². The molecule has 1 aliphatic carbocycles. The number of carbonyl (C=O) groups is 1. The standard InChI is InChI=1S/C22H19ClFN3O2/c23-20-9-8-13(12-25-20)10-14-11-18(26-21-15(14)4-3-5-16(21)24)22(29)27-17-6-1-2-7-19(17)28/h1,3-6,8-9,11-12,17,19,28H,2,7,10H2,(H,27,29)/t17-,19-/m0/s1. The number of nitrogens with one attached hydrogen (secondary N) is 1. The number of allylic oxidation sites excluding steroid dienone is 1. The molecule has 0 radical (unpaired) electrons. The van der Waals surface area contributed by atoms with Crippen molar-refractivity contribution in [2.45, 2.75) is 31.4 Å². The number of nitrogens with zero attached hydrogens (tertiary/aromatic N) is 2. The van der Waals surface area contributed by atoms with E-state index in [9.17, 15) is 14.3 Å². The third kappa shape index (κ3) is 4.28. The van der Waals surface area contributed by atoms with E-state index in [1.54, 1.807) is 36.5 Å². The molecule has 148 valence electrons. The highest BCUT2D eigenvalue weighted by Gasteiger charge is 2.23. The second kappa shape index (κ2) is 8.27. The lowest BCUT2D eigenvalue weighted by atomic mass is 9.98.